The number of carbonyl (C=O) groups excluding carboxylic acids is 5. The van der Waals surface area contributed by atoms with Gasteiger partial charge in [-0.25, -0.2) is 14.6 Å². The van der Waals surface area contributed by atoms with E-state index in [0.29, 0.717) is 28.1 Å². The fourth-order valence-corrected chi connectivity index (χ4v) is 5.73. The lowest BCUT2D eigenvalue weighted by Gasteiger charge is -2.35. The molecule has 0 bridgehead atoms. The molecule has 0 saturated heterocycles. The summed E-state index contributed by atoms with van der Waals surface area (Å²) in [5.74, 6) is -4.46. The quantitative estimate of drug-likeness (QED) is 0.0616. The Bertz CT molecular complexity index is 1800. The molecule has 4 amide bonds. The third-order valence-electron chi connectivity index (χ3n) is 8.88. The third kappa shape index (κ3) is 13.2. The van der Waals surface area contributed by atoms with Gasteiger partial charge in [0.25, 0.3) is 11.6 Å². The zero-order valence-electron chi connectivity index (χ0n) is 32.3. The van der Waals surface area contributed by atoms with E-state index in [-0.39, 0.29) is 30.7 Å². The van der Waals surface area contributed by atoms with Gasteiger partial charge in [-0.05, 0) is 56.4 Å². The van der Waals surface area contributed by atoms with Crippen molar-refractivity contribution in [3.63, 3.8) is 0 Å². The number of aromatic hydroxyl groups is 1. The number of non-ortho nitro benzene ring substituents is 1. The number of esters is 1. The van der Waals surface area contributed by atoms with E-state index in [2.05, 4.69) is 20.6 Å². The fraction of sp³-hybridized carbons (Fsp3) is 0.474. The molecule has 7 N–H and O–H groups in total. The van der Waals surface area contributed by atoms with E-state index in [4.69, 9.17) is 15.2 Å². The molecule has 1 aromatic heterocycles. The van der Waals surface area contributed by atoms with Crippen LogP contribution in [0.4, 0.5) is 10.5 Å². The van der Waals surface area contributed by atoms with Crippen LogP contribution in [0.2, 0.25) is 0 Å². The van der Waals surface area contributed by atoms with E-state index < -0.39 is 82.9 Å². The van der Waals surface area contributed by atoms with E-state index in [0.717, 1.165) is 7.11 Å². The molecule has 56 heavy (non-hydrogen) atoms. The number of imidazole rings is 1. The number of hydrogen-bond acceptors (Lipinski definition) is 13. The number of amides is 4. The number of aliphatic hydroxyl groups excluding tert-OH is 1. The van der Waals surface area contributed by atoms with Crippen LogP contribution in [0.5, 0.6) is 5.75 Å². The topological polar surface area (TPSA) is 269 Å². The summed E-state index contributed by atoms with van der Waals surface area (Å²) in [5, 5.41) is 37.1. The predicted octanol–water partition coefficient (Wildman–Crippen LogP) is 2.45. The lowest BCUT2D eigenvalue weighted by molar-refractivity contribution is -0.384. The Morgan fingerprint density at radius 2 is 1.59 bits per heavy atom. The molecule has 0 aliphatic carbocycles. The maximum atomic E-state index is 14.7. The van der Waals surface area contributed by atoms with Gasteiger partial charge in [-0.15, -0.1) is 0 Å². The highest BCUT2D eigenvalue weighted by molar-refractivity contribution is 6.03. The molecular formula is C38H51N7O11. The smallest absolute Gasteiger partial charge is 0.408 e. The molecule has 2 aromatic carbocycles. The van der Waals surface area contributed by atoms with Gasteiger partial charge in [-0.1, -0.05) is 44.5 Å². The monoisotopic (exact) mass is 781 g/mol. The summed E-state index contributed by atoms with van der Waals surface area (Å²) in [6.45, 7) is 8.29. The first-order chi connectivity index (χ1) is 26.3. The van der Waals surface area contributed by atoms with Gasteiger partial charge in [0.2, 0.25) is 11.8 Å². The van der Waals surface area contributed by atoms with E-state index in [1.807, 2.05) is 0 Å². The second kappa shape index (κ2) is 20.2. The first kappa shape index (κ1) is 44.5. The standard InChI is InChI=1S/C38H51N7O11/c1-7-22(2)33(36(51)55-6)44(32(48)19-31(47)28(39)16-23-8-12-26(13-9-23)45(53)54)35(50)30(18-25-20-40-21-41-25)42-34(49)29(43-37(52)56-38(3,4)5)17-24-10-14-27(46)15-11-24/h8-15,20-22,28-31,33,46-47H,7,16-19,39H2,1-6H3,(H,40,41)(H,42,49)(H,43,52)/t22-,28-,29-,30-,31?,33-/m0/s1. The number of carbonyl (C=O) groups is 5. The average Bonchev–Trinajstić information content (AvgIpc) is 3.65. The highest BCUT2D eigenvalue weighted by Gasteiger charge is 2.43. The molecule has 3 aromatic rings. The molecule has 18 heteroatoms. The number of hydrogen-bond donors (Lipinski definition) is 6. The number of aromatic nitrogens is 2. The minimum Gasteiger partial charge on any atom is -0.508 e. The third-order valence-corrected chi connectivity index (χ3v) is 8.88. The van der Waals surface area contributed by atoms with Crippen LogP contribution in [-0.4, -0.2) is 103 Å². The number of aliphatic hydroxyl groups is 1. The largest absolute Gasteiger partial charge is 0.508 e. The number of nitrogens with zero attached hydrogens (tertiary/aromatic N) is 3. The minimum atomic E-state index is -1.54. The van der Waals surface area contributed by atoms with Gasteiger partial charge in [-0.2, -0.15) is 0 Å². The molecule has 6 atom stereocenters. The highest BCUT2D eigenvalue weighted by atomic mass is 16.6. The second-order valence-corrected chi connectivity index (χ2v) is 14.4. The van der Waals surface area contributed by atoms with Crippen LogP contribution in [0, 0.1) is 16.0 Å². The van der Waals surface area contributed by atoms with Crippen molar-refractivity contribution in [3.8, 4) is 5.75 Å². The lowest BCUT2D eigenvalue weighted by Crippen LogP contribution is -2.61. The number of phenols is 1. The van der Waals surface area contributed by atoms with Gasteiger partial charge in [0.15, 0.2) is 0 Å². The van der Waals surface area contributed by atoms with Crippen molar-refractivity contribution in [3.05, 3.63) is 88.0 Å². The van der Waals surface area contributed by atoms with E-state index in [1.165, 1.54) is 48.9 Å². The van der Waals surface area contributed by atoms with Gasteiger partial charge in [0, 0.05) is 42.9 Å². The molecular weight excluding hydrogens is 730 g/mol. The molecule has 3 rings (SSSR count). The summed E-state index contributed by atoms with van der Waals surface area (Å²) in [5.41, 5.74) is 6.64. The van der Waals surface area contributed by atoms with Gasteiger partial charge in [0.05, 0.1) is 30.9 Å². The number of ether oxygens (including phenoxy) is 2. The average molecular weight is 782 g/mol. The van der Waals surface area contributed by atoms with Crippen molar-refractivity contribution in [2.75, 3.05) is 7.11 Å². The number of imide groups is 1. The zero-order valence-corrected chi connectivity index (χ0v) is 32.3. The summed E-state index contributed by atoms with van der Waals surface area (Å²) in [4.78, 5) is 87.3. The molecule has 0 spiro atoms. The lowest BCUT2D eigenvalue weighted by atomic mass is 9.94. The van der Waals surface area contributed by atoms with Crippen LogP contribution in [0.3, 0.4) is 0 Å². The first-order valence-electron chi connectivity index (χ1n) is 18.0. The first-order valence-corrected chi connectivity index (χ1v) is 18.0. The zero-order chi connectivity index (χ0) is 41.7. The van der Waals surface area contributed by atoms with Gasteiger partial charge in [-0.3, -0.25) is 29.4 Å². The maximum Gasteiger partial charge on any atom is 0.408 e. The number of methoxy groups -OCH3 is 1. The molecule has 1 heterocycles. The van der Waals surface area contributed by atoms with E-state index in [9.17, 15) is 44.3 Å². The van der Waals surface area contributed by atoms with Crippen molar-refractivity contribution in [2.24, 2.45) is 11.7 Å². The van der Waals surface area contributed by atoms with E-state index >= 15 is 0 Å². The molecule has 1 unspecified atom stereocenters. The van der Waals surface area contributed by atoms with Crippen molar-refractivity contribution < 1.29 is 48.6 Å². The Labute approximate surface area is 324 Å². The molecule has 18 nitrogen and oxygen atoms in total. The number of rotatable bonds is 18. The van der Waals surface area contributed by atoms with Crippen LogP contribution in [-0.2, 0) is 47.9 Å². The van der Waals surface area contributed by atoms with E-state index in [1.54, 1.807) is 46.8 Å². The Morgan fingerprint density at radius 3 is 2.12 bits per heavy atom. The predicted molar refractivity (Wildman–Crippen MR) is 202 cm³/mol. The number of nitrogens with one attached hydrogen (secondary N) is 3. The Hall–Kier alpha value is -5.88. The Morgan fingerprint density at radius 1 is 0.982 bits per heavy atom. The summed E-state index contributed by atoms with van der Waals surface area (Å²) in [6.07, 6.45) is -0.472. The molecule has 0 fully saturated rings. The van der Waals surface area contributed by atoms with Crippen LogP contribution in [0.25, 0.3) is 0 Å². The SMILES string of the molecule is CC[C@H](C)[C@@H](C(=O)OC)N(C(=O)CC(O)[C@@H](N)Cc1ccc([N+](=O)[O-])cc1)C(=O)[C@H](Cc1cnc[nH]1)NC(=O)[C@H](Cc1ccc(O)cc1)NC(=O)OC(C)(C)C. The van der Waals surface area contributed by atoms with Crippen molar-refractivity contribution in [1.29, 1.82) is 0 Å². The Balaban J connectivity index is 2.01. The molecule has 0 aliphatic heterocycles. The minimum absolute atomic E-state index is 0.0117. The Kier molecular flexibility index (Phi) is 16.0. The summed E-state index contributed by atoms with van der Waals surface area (Å²) in [6, 6.07) is 5.95. The van der Waals surface area contributed by atoms with Gasteiger partial charge < -0.3 is 41.0 Å². The number of nitro groups is 1. The maximum absolute atomic E-state index is 14.7. The molecule has 0 aliphatic rings. The van der Waals surface area contributed by atoms with Crippen LogP contribution < -0.4 is 16.4 Å². The van der Waals surface area contributed by atoms with Gasteiger partial charge >= 0.3 is 12.1 Å². The van der Waals surface area contributed by atoms with Crippen LogP contribution >= 0.6 is 0 Å². The second-order valence-electron chi connectivity index (χ2n) is 14.4. The summed E-state index contributed by atoms with van der Waals surface area (Å²) < 4.78 is 10.4. The number of nitro benzene ring substituents is 1. The van der Waals surface area contributed by atoms with Crippen molar-refractivity contribution >= 4 is 35.5 Å². The fourth-order valence-electron chi connectivity index (χ4n) is 5.73. The number of phenolic OH excluding ortho intramolecular Hbond substituents is 1. The van der Waals surface area contributed by atoms with Crippen molar-refractivity contribution in [2.45, 2.75) is 103 Å². The molecule has 0 saturated carbocycles. The number of nitrogens with two attached hydrogens (primary N) is 1. The number of H-pyrrole nitrogens is 1. The molecule has 304 valence electrons. The highest BCUT2D eigenvalue weighted by Crippen LogP contribution is 2.22. The molecule has 0 radical (unpaired) electrons. The normalized spacial score (nSPS) is 14.6. The number of alkyl carbamates (subject to hydrolysis) is 1. The number of benzene rings is 2. The van der Waals surface area contributed by atoms with Crippen LogP contribution in [0.1, 0.15) is 64.3 Å². The van der Waals surface area contributed by atoms with Crippen LogP contribution in [0.15, 0.2) is 61.1 Å². The summed E-state index contributed by atoms with van der Waals surface area (Å²) in [7, 11) is 1.10. The van der Waals surface area contributed by atoms with Gasteiger partial charge in [0.1, 0.15) is 29.5 Å². The van der Waals surface area contributed by atoms with Crippen molar-refractivity contribution in [1.82, 2.24) is 25.5 Å². The number of aromatic amines is 1. The summed E-state index contributed by atoms with van der Waals surface area (Å²) >= 11 is 0.